The van der Waals surface area contributed by atoms with E-state index in [1.807, 2.05) is 19.2 Å². The van der Waals surface area contributed by atoms with E-state index >= 15 is 0 Å². The molecular formula is C22H35N5O2. The van der Waals surface area contributed by atoms with Crippen LogP contribution in [0.2, 0.25) is 0 Å². The Kier molecular flexibility index (Phi) is 8.02. The summed E-state index contributed by atoms with van der Waals surface area (Å²) in [6.45, 7) is 5.07. The molecule has 1 aromatic carbocycles. The van der Waals surface area contributed by atoms with Gasteiger partial charge in [-0.2, -0.15) is 0 Å². The van der Waals surface area contributed by atoms with Crippen LogP contribution >= 0.6 is 0 Å². The number of piperazine rings is 1. The van der Waals surface area contributed by atoms with E-state index in [9.17, 15) is 4.79 Å². The summed E-state index contributed by atoms with van der Waals surface area (Å²) in [5.74, 6) is 2.22. The molecule has 0 atom stereocenters. The smallest absolute Gasteiger partial charge is 0.223 e. The number of hydrogen-bond acceptors (Lipinski definition) is 4. The van der Waals surface area contributed by atoms with Gasteiger partial charge < -0.3 is 25.2 Å². The van der Waals surface area contributed by atoms with Gasteiger partial charge in [0.1, 0.15) is 5.75 Å². The number of rotatable bonds is 6. The first-order valence-corrected chi connectivity index (χ1v) is 10.8. The molecule has 1 saturated heterocycles. The summed E-state index contributed by atoms with van der Waals surface area (Å²) < 4.78 is 5.24. The number of carbonyl (C=O) groups excluding carboxylic acids is 1. The Morgan fingerprint density at radius 2 is 1.69 bits per heavy atom. The molecule has 160 valence electrons. The maximum absolute atomic E-state index is 12.2. The average molecular weight is 402 g/mol. The van der Waals surface area contributed by atoms with Crippen molar-refractivity contribution >= 4 is 17.6 Å². The van der Waals surface area contributed by atoms with Crippen LogP contribution in [0.4, 0.5) is 5.69 Å². The first kappa shape index (κ1) is 21.3. The first-order valence-electron chi connectivity index (χ1n) is 10.8. The van der Waals surface area contributed by atoms with Crippen molar-refractivity contribution in [1.82, 2.24) is 15.5 Å². The Balaban J connectivity index is 1.37. The van der Waals surface area contributed by atoms with Crippen LogP contribution in [0.25, 0.3) is 0 Å². The second-order valence-electron chi connectivity index (χ2n) is 7.77. The monoisotopic (exact) mass is 401 g/mol. The minimum atomic E-state index is 0.217. The normalized spacial score (nSPS) is 18.5. The average Bonchev–Trinajstić information content (AvgIpc) is 2.80. The quantitative estimate of drug-likeness (QED) is 0.434. The van der Waals surface area contributed by atoms with Gasteiger partial charge in [0.15, 0.2) is 5.96 Å². The van der Waals surface area contributed by atoms with E-state index in [-0.39, 0.29) is 11.8 Å². The molecular weight excluding hydrogens is 366 g/mol. The van der Waals surface area contributed by atoms with Crippen molar-refractivity contribution in [3.63, 3.8) is 0 Å². The predicted molar refractivity (Wildman–Crippen MR) is 118 cm³/mol. The number of guanidine groups is 1. The minimum Gasteiger partial charge on any atom is -0.497 e. The van der Waals surface area contributed by atoms with Crippen molar-refractivity contribution in [3.05, 3.63) is 24.3 Å². The van der Waals surface area contributed by atoms with Gasteiger partial charge in [0.25, 0.3) is 0 Å². The zero-order chi connectivity index (χ0) is 20.5. The maximum Gasteiger partial charge on any atom is 0.223 e. The summed E-state index contributed by atoms with van der Waals surface area (Å²) in [4.78, 5) is 21.3. The number of nitrogens with zero attached hydrogens (tertiary/aromatic N) is 3. The Morgan fingerprint density at radius 1 is 1.03 bits per heavy atom. The number of anilines is 1. The summed E-state index contributed by atoms with van der Waals surface area (Å²) in [6.07, 6.45) is 5.73. The molecule has 2 aliphatic rings. The predicted octanol–water partition coefficient (Wildman–Crippen LogP) is 2.09. The van der Waals surface area contributed by atoms with Gasteiger partial charge in [-0.05, 0) is 37.1 Å². The standard InChI is InChI=1S/C22H35N5O2/c1-23-22(25-13-12-24-21(28)18-6-4-3-5-7-18)27-16-14-26(15-17-27)19-8-10-20(29-2)11-9-19/h8-11,18H,3-7,12-17H2,1-2H3,(H,23,25)(H,24,28). The van der Waals surface area contributed by atoms with Gasteiger partial charge in [0.2, 0.25) is 5.91 Å². The summed E-state index contributed by atoms with van der Waals surface area (Å²) >= 11 is 0. The summed E-state index contributed by atoms with van der Waals surface area (Å²) in [6, 6.07) is 8.22. The van der Waals surface area contributed by atoms with Crippen molar-refractivity contribution in [2.75, 3.05) is 58.3 Å². The summed E-state index contributed by atoms with van der Waals surface area (Å²) in [5, 5.41) is 6.47. The van der Waals surface area contributed by atoms with Crippen molar-refractivity contribution in [2.24, 2.45) is 10.9 Å². The molecule has 2 fully saturated rings. The maximum atomic E-state index is 12.2. The van der Waals surface area contributed by atoms with Gasteiger partial charge in [0.05, 0.1) is 7.11 Å². The van der Waals surface area contributed by atoms with Gasteiger partial charge in [-0.15, -0.1) is 0 Å². The molecule has 29 heavy (non-hydrogen) atoms. The van der Waals surface area contributed by atoms with Crippen molar-refractivity contribution < 1.29 is 9.53 Å². The number of carbonyl (C=O) groups is 1. The molecule has 1 amide bonds. The van der Waals surface area contributed by atoms with Crippen LogP contribution in [0, 0.1) is 5.92 Å². The molecule has 1 aliphatic carbocycles. The number of nitrogens with one attached hydrogen (secondary N) is 2. The van der Waals surface area contributed by atoms with E-state index in [4.69, 9.17) is 4.74 Å². The van der Waals surface area contributed by atoms with Crippen LogP contribution in [0.1, 0.15) is 32.1 Å². The molecule has 3 rings (SSSR count). The molecule has 1 heterocycles. The third-order valence-electron chi connectivity index (χ3n) is 5.91. The van der Waals surface area contributed by atoms with E-state index in [0.717, 1.165) is 50.7 Å². The second kappa shape index (κ2) is 10.9. The van der Waals surface area contributed by atoms with Crippen molar-refractivity contribution in [2.45, 2.75) is 32.1 Å². The van der Waals surface area contributed by atoms with Gasteiger partial charge in [-0.1, -0.05) is 19.3 Å². The third-order valence-corrected chi connectivity index (χ3v) is 5.91. The number of hydrogen-bond donors (Lipinski definition) is 2. The SMILES string of the molecule is CN=C(NCCNC(=O)C1CCCCC1)N1CCN(c2ccc(OC)cc2)CC1. The van der Waals surface area contributed by atoms with E-state index in [0.29, 0.717) is 13.1 Å². The molecule has 7 heteroatoms. The fourth-order valence-electron chi connectivity index (χ4n) is 4.17. The van der Waals surface area contributed by atoms with E-state index < -0.39 is 0 Å². The third kappa shape index (κ3) is 6.02. The van der Waals surface area contributed by atoms with Gasteiger partial charge in [0, 0.05) is 57.9 Å². The van der Waals surface area contributed by atoms with Crippen LogP contribution in [0.3, 0.4) is 0 Å². The van der Waals surface area contributed by atoms with Crippen LogP contribution in [-0.2, 0) is 4.79 Å². The minimum absolute atomic E-state index is 0.217. The number of benzene rings is 1. The topological polar surface area (TPSA) is 69.2 Å². The molecule has 0 unspecified atom stereocenters. The molecule has 0 spiro atoms. The van der Waals surface area contributed by atoms with Crippen molar-refractivity contribution in [3.8, 4) is 5.75 Å². The van der Waals surface area contributed by atoms with Gasteiger partial charge in [-0.3, -0.25) is 9.79 Å². The number of aliphatic imine (C=N–C) groups is 1. The molecule has 1 aliphatic heterocycles. The Bertz CT molecular complexity index is 662. The molecule has 0 radical (unpaired) electrons. The largest absolute Gasteiger partial charge is 0.497 e. The molecule has 2 N–H and O–H groups in total. The number of methoxy groups -OCH3 is 1. The van der Waals surface area contributed by atoms with Gasteiger partial charge in [-0.25, -0.2) is 0 Å². The lowest BCUT2D eigenvalue weighted by Crippen LogP contribution is -2.53. The zero-order valence-corrected chi connectivity index (χ0v) is 17.8. The summed E-state index contributed by atoms with van der Waals surface area (Å²) in [5.41, 5.74) is 1.22. The zero-order valence-electron chi connectivity index (χ0n) is 17.8. The lowest BCUT2D eigenvalue weighted by molar-refractivity contribution is -0.125. The molecule has 7 nitrogen and oxygen atoms in total. The molecule has 1 aromatic rings. The highest BCUT2D eigenvalue weighted by atomic mass is 16.5. The van der Waals surface area contributed by atoms with Crippen LogP contribution in [0.15, 0.2) is 29.3 Å². The molecule has 0 aromatic heterocycles. The Labute approximate surface area is 174 Å². The van der Waals surface area contributed by atoms with Crippen molar-refractivity contribution in [1.29, 1.82) is 0 Å². The lowest BCUT2D eigenvalue weighted by atomic mass is 9.89. The summed E-state index contributed by atoms with van der Waals surface area (Å²) in [7, 11) is 3.51. The fourth-order valence-corrected chi connectivity index (χ4v) is 4.17. The number of ether oxygens (including phenoxy) is 1. The molecule has 0 bridgehead atoms. The first-order chi connectivity index (χ1) is 14.2. The molecule has 1 saturated carbocycles. The highest BCUT2D eigenvalue weighted by molar-refractivity contribution is 5.81. The number of amides is 1. The Morgan fingerprint density at radius 3 is 2.31 bits per heavy atom. The van der Waals surface area contributed by atoms with Crippen LogP contribution < -0.4 is 20.3 Å². The van der Waals surface area contributed by atoms with E-state index in [2.05, 4.69) is 37.6 Å². The van der Waals surface area contributed by atoms with E-state index in [1.54, 1.807) is 7.11 Å². The highest BCUT2D eigenvalue weighted by Gasteiger charge is 2.21. The van der Waals surface area contributed by atoms with Gasteiger partial charge >= 0.3 is 0 Å². The Hall–Kier alpha value is -2.44. The van der Waals surface area contributed by atoms with E-state index in [1.165, 1.54) is 24.9 Å². The van der Waals surface area contributed by atoms with Crippen LogP contribution in [0.5, 0.6) is 5.75 Å². The highest BCUT2D eigenvalue weighted by Crippen LogP contribution is 2.23. The van der Waals surface area contributed by atoms with Crippen LogP contribution in [-0.4, -0.2) is 70.2 Å². The second-order valence-corrected chi connectivity index (χ2v) is 7.77. The lowest BCUT2D eigenvalue weighted by Gasteiger charge is -2.37. The fraction of sp³-hybridized carbons (Fsp3) is 0.636.